The first kappa shape index (κ1) is 15.2. The van der Waals surface area contributed by atoms with Gasteiger partial charge in [0, 0.05) is 25.7 Å². The molecule has 0 aliphatic heterocycles. The highest BCUT2D eigenvalue weighted by molar-refractivity contribution is 5.84. The van der Waals surface area contributed by atoms with Gasteiger partial charge in [-0.2, -0.15) is 0 Å². The van der Waals surface area contributed by atoms with Crippen LogP contribution in [0.2, 0.25) is 0 Å². The molecule has 0 bridgehead atoms. The van der Waals surface area contributed by atoms with Crippen LogP contribution in [-0.4, -0.2) is 61.0 Å². The average Bonchev–Trinajstić information content (AvgIpc) is 3.16. The Morgan fingerprint density at radius 1 is 1.50 bits per heavy atom. The molecule has 1 amide bonds. The summed E-state index contributed by atoms with van der Waals surface area (Å²) in [5, 5.41) is 3.27. The fourth-order valence-electron chi connectivity index (χ4n) is 2.19. The van der Waals surface area contributed by atoms with Gasteiger partial charge in [0.05, 0.1) is 0 Å². The van der Waals surface area contributed by atoms with Gasteiger partial charge >= 0.3 is 0 Å². The lowest BCUT2D eigenvalue weighted by Gasteiger charge is -2.30. The van der Waals surface area contributed by atoms with Crippen LogP contribution in [-0.2, 0) is 4.79 Å². The molecule has 104 valence electrons. The van der Waals surface area contributed by atoms with Gasteiger partial charge in [0.2, 0.25) is 5.91 Å². The van der Waals surface area contributed by atoms with Crippen LogP contribution in [0.1, 0.15) is 26.7 Å². The van der Waals surface area contributed by atoms with Gasteiger partial charge in [-0.05, 0) is 33.4 Å². The third-order valence-electron chi connectivity index (χ3n) is 3.45. The van der Waals surface area contributed by atoms with Crippen molar-refractivity contribution in [3.8, 4) is 0 Å². The number of amides is 1. The average molecular weight is 253 g/mol. The van der Waals surface area contributed by atoms with E-state index in [1.165, 1.54) is 0 Å². The number of hydrogen-bond acceptors (Lipinski definition) is 3. The van der Waals surface area contributed by atoms with Crippen molar-refractivity contribution in [2.24, 2.45) is 0 Å². The van der Waals surface area contributed by atoms with E-state index in [0.717, 1.165) is 39.0 Å². The maximum absolute atomic E-state index is 12.5. The van der Waals surface area contributed by atoms with Crippen LogP contribution in [0.5, 0.6) is 0 Å². The predicted molar refractivity (Wildman–Crippen MR) is 75.6 cm³/mol. The lowest BCUT2D eigenvalue weighted by molar-refractivity contribution is -0.135. The van der Waals surface area contributed by atoms with Crippen LogP contribution >= 0.6 is 0 Å². The number of nitrogens with one attached hydrogen (secondary N) is 1. The molecule has 4 heteroatoms. The second-order valence-corrected chi connectivity index (χ2v) is 4.87. The van der Waals surface area contributed by atoms with E-state index >= 15 is 0 Å². The highest BCUT2D eigenvalue weighted by Crippen LogP contribution is 2.27. The first-order chi connectivity index (χ1) is 8.65. The Morgan fingerprint density at radius 2 is 2.17 bits per heavy atom. The van der Waals surface area contributed by atoms with Crippen LogP contribution in [0.15, 0.2) is 12.7 Å². The fourth-order valence-corrected chi connectivity index (χ4v) is 2.19. The van der Waals surface area contributed by atoms with Crippen molar-refractivity contribution in [2.75, 3.05) is 33.2 Å². The molecule has 0 aromatic rings. The van der Waals surface area contributed by atoms with E-state index in [1.54, 1.807) is 6.08 Å². The summed E-state index contributed by atoms with van der Waals surface area (Å²) < 4.78 is 0. The lowest BCUT2D eigenvalue weighted by atomic mass is 10.2. The molecule has 4 nitrogen and oxygen atoms in total. The van der Waals surface area contributed by atoms with E-state index in [0.29, 0.717) is 6.04 Å². The second-order valence-electron chi connectivity index (χ2n) is 4.87. The number of likely N-dealkylation sites (N-methyl/N-ethyl adjacent to an activating group) is 3. The second kappa shape index (κ2) is 7.54. The molecule has 18 heavy (non-hydrogen) atoms. The molecule has 0 heterocycles. The first-order valence-electron chi connectivity index (χ1n) is 6.99. The van der Waals surface area contributed by atoms with Crippen LogP contribution in [0, 0.1) is 0 Å². The molecule has 1 atom stereocenters. The van der Waals surface area contributed by atoms with Gasteiger partial charge in [0.1, 0.15) is 6.04 Å². The van der Waals surface area contributed by atoms with Crippen LogP contribution in [0.25, 0.3) is 0 Å². The molecule has 1 N–H and O–H groups in total. The Hall–Kier alpha value is -0.870. The molecular formula is C14H27N3O. The predicted octanol–water partition coefficient (Wildman–Crippen LogP) is 1.09. The van der Waals surface area contributed by atoms with E-state index in [-0.39, 0.29) is 11.9 Å². The molecule has 1 unspecified atom stereocenters. The molecular weight excluding hydrogens is 226 g/mol. The van der Waals surface area contributed by atoms with Gasteiger partial charge in [-0.3, -0.25) is 9.69 Å². The first-order valence-corrected chi connectivity index (χ1v) is 6.99. The Labute approximate surface area is 111 Å². The molecule has 1 rings (SSSR count). The van der Waals surface area contributed by atoms with E-state index < -0.39 is 0 Å². The van der Waals surface area contributed by atoms with E-state index in [9.17, 15) is 4.79 Å². The summed E-state index contributed by atoms with van der Waals surface area (Å²) >= 11 is 0. The van der Waals surface area contributed by atoms with Gasteiger partial charge in [-0.15, -0.1) is 6.58 Å². The summed E-state index contributed by atoms with van der Waals surface area (Å²) in [6, 6.07) is 0.288. The molecule has 1 saturated carbocycles. The van der Waals surface area contributed by atoms with E-state index in [1.807, 2.05) is 11.9 Å². The summed E-state index contributed by atoms with van der Waals surface area (Å²) in [7, 11) is 1.99. The monoisotopic (exact) mass is 253 g/mol. The molecule has 0 spiro atoms. The number of rotatable bonds is 9. The summed E-state index contributed by atoms with van der Waals surface area (Å²) in [5.74, 6) is 0.203. The molecule has 1 aliphatic carbocycles. The lowest BCUT2D eigenvalue weighted by Crippen LogP contribution is -2.48. The Balaban J connectivity index is 2.51. The number of carbonyl (C=O) groups is 1. The minimum atomic E-state index is -0.191. The normalized spacial score (nSPS) is 16.7. The Kier molecular flexibility index (Phi) is 6.36. The summed E-state index contributed by atoms with van der Waals surface area (Å²) in [5.41, 5.74) is 0. The topological polar surface area (TPSA) is 35.6 Å². The SMILES string of the molecule is C=CC(C(=O)N(CC)C1CC1)N(C)CCNCC. The van der Waals surface area contributed by atoms with Gasteiger partial charge < -0.3 is 10.2 Å². The Bertz CT molecular complexity index is 276. The van der Waals surface area contributed by atoms with Crippen LogP contribution in [0.3, 0.4) is 0 Å². The number of carbonyl (C=O) groups excluding carboxylic acids is 1. The third kappa shape index (κ3) is 4.10. The number of nitrogens with zero attached hydrogens (tertiary/aromatic N) is 2. The van der Waals surface area contributed by atoms with E-state index in [2.05, 4.69) is 30.6 Å². The molecule has 0 saturated heterocycles. The van der Waals surface area contributed by atoms with Crippen molar-refractivity contribution in [1.29, 1.82) is 0 Å². The van der Waals surface area contributed by atoms with Crippen molar-refractivity contribution in [1.82, 2.24) is 15.1 Å². The standard InChI is InChI=1S/C14H27N3O/c1-5-13(16(4)11-10-15-6-2)14(18)17(7-3)12-8-9-12/h5,12-13,15H,1,6-11H2,2-4H3. The summed E-state index contributed by atoms with van der Waals surface area (Å²) in [6.07, 6.45) is 4.08. The summed E-state index contributed by atoms with van der Waals surface area (Å²) in [6.45, 7) is 11.5. The maximum Gasteiger partial charge on any atom is 0.244 e. The highest BCUT2D eigenvalue weighted by Gasteiger charge is 2.34. The van der Waals surface area contributed by atoms with Gasteiger partial charge in [0.25, 0.3) is 0 Å². The van der Waals surface area contributed by atoms with Crippen LogP contribution in [0.4, 0.5) is 0 Å². The zero-order valence-corrected chi connectivity index (χ0v) is 12.0. The van der Waals surface area contributed by atoms with Gasteiger partial charge in [0.15, 0.2) is 0 Å². The fraction of sp³-hybridized carbons (Fsp3) is 0.786. The van der Waals surface area contributed by atoms with Crippen molar-refractivity contribution < 1.29 is 4.79 Å². The Morgan fingerprint density at radius 3 is 2.61 bits per heavy atom. The van der Waals surface area contributed by atoms with Crippen molar-refractivity contribution >= 4 is 5.91 Å². The molecule has 1 aliphatic rings. The minimum Gasteiger partial charge on any atom is -0.338 e. The maximum atomic E-state index is 12.5. The molecule has 0 aromatic heterocycles. The smallest absolute Gasteiger partial charge is 0.244 e. The zero-order valence-electron chi connectivity index (χ0n) is 12.0. The third-order valence-corrected chi connectivity index (χ3v) is 3.45. The molecule has 0 radical (unpaired) electrons. The largest absolute Gasteiger partial charge is 0.338 e. The number of hydrogen-bond donors (Lipinski definition) is 1. The minimum absolute atomic E-state index is 0.191. The molecule has 0 aromatic carbocycles. The van der Waals surface area contributed by atoms with Crippen molar-refractivity contribution in [2.45, 2.75) is 38.8 Å². The van der Waals surface area contributed by atoms with Gasteiger partial charge in [-0.1, -0.05) is 13.0 Å². The van der Waals surface area contributed by atoms with Gasteiger partial charge in [-0.25, -0.2) is 0 Å². The quantitative estimate of drug-likeness (QED) is 0.493. The highest BCUT2D eigenvalue weighted by atomic mass is 16.2. The van der Waals surface area contributed by atoms with E-state index in [4.69, 9.17) is 0 Å². The zero-order chi connectivity index (χ0) is 13.5. The summed E-state index contributed by atoms with van der Waals surface area (Å²) in [4.78, 5) is 16.5. The van der Waals surface area contributed by atoms with Crippen molar-refractivity contribution in [3.63, 3.8) is 0 Å². The molecule has 1 fully saturated rings. The van der Waals surface area contributed by atoms with Crippen LogP contribution < -0.4 is 5.32 Å². The van der Waals surface area contributed by atoms with Crippen molar-refractivity contribution in [3.05, 3.63) is 12.7 Å².